The molecule has 0 aliphatic carbocycles. The zero-order chi connectivity index (χ0) is 15.4. The summed E-state index contributed by atoms with van der Waals surface area (Å²) >= 11 is 7.68. The first-order chi connectivity index (χ1) is 10.0. The van der Waals surface area contributed by atoms with Crippen molar-refractivity contribution in [2.24, 2.45) is 5.84 Å². The van der Waals surface area contributed by atoms with Crippen molar-refractivity contribution in [1.82, 2.24) is 10.3 Å². The average molecular weight is 324 g/mol. The van der Waals surface area contributed by atoms with Crippen LogP contribution < -0.4 is 11.3 Å². The van der Waals surface area contributed by atoms with Crippen molar-refractivity contribution in [3.63, 3.8) is 0 Å². The molecule has 0 fully saturated rings. The van der Waals surface area contributed by atoms with E-state index in [1.165, 1.54) is 11.3 Å². The van der Waals surface area contributed by atoms with Gasteiger partial charge in [-0.15, -0.1) is 11.3 Å². The van der Waals surface area contributed by atoms with E-state index >= 15 is 0 Å². The topological polar surface area (TPSA) is 58.4 Å². The van der Waals surface area contributed by atoms with Crippen LogP contribution in [0.4, 0.5) is 0 Å². The Morgan fingerprint density at radius 1 is 1.38 bits per heavy atom. The van der Waals surface area contributed by atoms with E-state index in [4.69, 9.17) is 17.4 Å². The molecule has 1 amide bonds. The SMILES string of the molecule is CC(c1ccccc1Cl)N(C)Cc1ccc(C(=O)NN)s1. The van der Waals surface area contributed by atoms with Gasteiger partial charge in [0.25, 0.3) is 5.91 Å². The Hall–Kier alpha value is -1.40. The van der Waals surface area contributed by atoms with E-state index in [2.05, 4.69) is 17.2 Å². The van der Waals surface area contributed by atoms with Crippen LogP contribution in [0, 0.1) is 0 Å². The van der Waals surface area contributed by atoms with Crippen molar-refractivity contribution in [2.45, 2.75) is 19.5 Å². The van der Waals surface area contributed by atoms with Gasteiger partial charge < -0.3 is 0 Å². The molecule has 1 aromatic carbocycles. The Balaban J connectivity index is 2.07. The number of nitrogens with zero attached hydrogens (tertiary/aromatic N) is 1. The summed E-state index contributed by atoms with van der Waals surface area (Å²) in [5.41, 5.74) is 3.24. The van der Waals surface area contributed by atoms with Crippen molar-refractivity contribution in [3.8, 4) is 0 Å². The van der Waals surface area contributed by atoms with Crippen LogP contribution in [0.2, 0.25) is 5.02 Å². The summed E-state index contributed by atoms with van der Waals surface area (Å²) in [7, 11) is 2.04. The van der Waals surface area contributed by atoms with Gasteiger partial charge in [0.2, 0.25) is 0 Å². The third-order valence-corrected chi connectivity index (χ3v) is 4.85. The van der Waals surface area contributed by atoms with Crippen LogP contribution in [0.3, 0.4) is 0 Å². The number of hydrazine groups is 1. The lowest BCUT2D eigenvalue weighted by Crippen LogP contribution is -2.29. The Labute approximate surface area is 133 Å². The van der Waals surface area contributed by atoms with Gasteiger partial charge in [0, 0.05) is 22.5 Å². The molecular weight excluding hydrogens is 306 g/mol. The fourth-order valence-corrected chi connectivity index (χ4v) is 3.36. The van der Waals surface area contributed by atoms with Crippen molar-refractivity contribution >= 4 is 28.8 Å². The molecule has 0 aliphatic rings. The van der Waals surface area contributed by atoms with Gasteiger partial charge >= 0.3 is 0 Å². The third-order valence-electron chi connectivity index (χ3n) is 3.44. The quantitative estimate of drug-likeness (QED) is 0.504. The van der Waals surface area contributed by atoms with E-state index < -0.39 is 0 Å². The normalized spacial score (nSPS) is 12.4. The van der Waals surface area contributed by atoms with Gasteiger partial charge in [0.05, 0.1) is 4.88 Å². The molecule has 0 bridgehead atoms. The van der Waals surface area contributed by atoms with E-state index in [9.17, 15) is 4.79 Å². The summed E-state index contributed by atoms with van der Waals surface area (Å²) in [4.78, 5) is 15.4. The molecular formula is C15H18ClN3OS. The van der Waals surface area contributed by atoms with Gasteiger partial charge in [-0.05, 0) is 37.7 Å². The van der Waals surface area contributed by atoms with Crippen LogP contribution >= 0.6 is 22.9 Å². The average Bonchev–Trinajstić information content (AvgIpc) is 2.94. The zero-order valence-corrected chi connectivity index (χ0v) is 13.5. The van der Waals surface area contributed by atoms with Crippen molar-refractivity contribution in [3.05, 3.63) is 56.7 Å². The molecule has 0 saturated carbocycles. The summed E-state index contributed by atoms with van der Waals surface area (Å²) in [6.45, 7) is 2.86. The molecule has 2 aromatic rings. The highest BCUT2D eigenvalue weighted by molar-refractivity contribution is 7.14. The molecule has 2 rings (SSSR count). The van der Waals surface area contributed by atoms with Gasteiger partial charge in [-0.3, -0.25) is 15.1 Å². The Kier molecular flexibility index (Phi) is 5.36. The van der Waals surface area contributed by atoms with Gasteiger partial charge in [-0.2, -0.15) is 0 Å². The fraction of sp³-hybridized carbons (Fsp3) is 0.267. The van der Waals surface area contributed by atoms with Crippen LogP contribution in [0.1, 0.15) is 33.1 Å². The molecule has 1 atom stereocenters. The number of amides is 1. The second kappa shape index (κ2) is 7.04. The monoisotopic (exact) mass is 323 g/mol. The molecule has 0 aliphatic heterocycles. The number of carbonyl (C=O) groups excluding carboxylic acids is 1. The minimum atomic E-state index is -0.256. The van der Waals surface area contributed by atoms with Gasteiger partial charge in [0.1, 0.15) is 0 Å². The molecule has 1 aromatic heterocycles. The van der Waals surface area contributed by atoms with Gasteiger partial charge in [0.15, 0.2) is 0 Å². The summed E-state index contributed by atoms with van der Waals surface area (Å²) in [5, 5.41) is 0.770. The van der Waals surface area contributed by atoms with Crippen LogP contribution in [0.15, 0.2) is 36.4 Å². The maximum absolute atomic E-state index is 11.5. The van der Waals surface area contributed by atoms with Crippen LogP contribution in [0.5, 0.6) is 0 Å². The predicted octanol–water partition coefficient (Wildman–Crippen LogP) is 3.20. The number of nitrogen functional groups attached to an aromatic ring is 1. The number of carbonyl (C=O) groups is 1. The highest BCUT2D eigenvalue weighted by atomic mass is 35.5. The van der Waals surface area contributed by atoms with Crippen LogP contribution in [-0.4, -0.2) is 17.9 Å². The summed E-state index contributed by atoms with van der Waals surface area (Å²) < 4.78 is 0. The number of rotatable bonds is 5. The minimum Gasteiger partial charge on any atom is -0.295 e. The number of nitrogens with two attached hydrogens (primary N) is 1. The first-order valence-corrected chi connectivity index (χ1v) is 7.76. The Morgan fingerprint density at radius 3 is 2.76 bits per heavy atom. The second-order valence-electron chi connectivity index (χ2n) is 4.85. The smallest absolute Gasteiger partial charge is 0.275 e. The van der Waals surface area contributed by atoms with Gasteiger partial charge in [-0.1, -0.05) is 29.8 Å². The fourth-order valence-electron chi connectivity index (χ4n) is 2.09. The highest BCUT2D eigenvalue weighted by Gasteiger charge is 2.16. The lowest BCUT2D eigenvalue weighted by Gasteiger charge is -2.25. The number of thiophene rings is 1. The number of hydrogen-bond acceptors (Lipinski definition) is 4. The number of nitrogens with one attached hydrogen (secondary N) is 1. The molecule has 0 saturated heterocycles. The molecule has 0 radical (unpaired) electrons. The van der Waals surface area contributed by atoms with Crippen molar-refractivity contribution in [2.75, 3.05) is 7.05 Å². The van der Waals surface area contributed by atoms with E-state index in [1.807, 2.05) is 37.4 Å². The highest BCUT2D eigenvalue weighted by Crippen LogP contribution is 2.28. The second-order valence-corrected chi connectivity index (χ2v) is 6.43. The zero-order valence-electron chi connectivity index (χ0n) is 12.0. The Morgan fingerprint density at radius 2 is 2.10 bits per heavy atom. The first-order valence-electron chi connectivity index (χ1n) is 6.57. The molecule has 6 heteroatoms. The number of halogens is 1. The van der Waals surface area contributed by atoms with Gasteiger partial charge in [-0.25, -0.2) is 5.84 Å². The molecule has 3 N–H and O–H groups in total. The van der Waals surface area contributed by atoms with E-state index in [1.54, 1.807) is 6.07 Å². The van der Waals surface area contributed by atoms with E-state index in [0.717, 1.165) is 22.0 Å². The van der Waals surface area contributed by atoms with E-state index in [-0.39, 0.29) is 11.9 Å². The maximum Gasteiger partial charge on any atom is 0.275 e. The first kappa shape index (κ1) is 16.0. The molecule has 0 spiro atoms. The largest absolute Gasteiger partial charge is 0.295 e. The molecule has 1 unspecified atom stereocenters. The lowest BCUT2D eigenvalue weighted by molar-refractivity contribution is 0.0957. The minimum absolute atomic E-state index is 0.188. The standard InChI is InChI=1S/C15H18ClN3OS/c1-10(12-5-3-4-6-13(12)16)19(2)9-11-7-8-14(21-11)15(20)18-17/h3-8,10H,9,17H2,1-2H3,(H,18,20). The van der Waals surface area contributed by atoms with Crippen molar-refractivity contribution in [1.29, 1.82) is 0 Å². The Bertz CT molecular complexity index is 629. The van der Waals surface area contributed by atoms with Crippen LogP contribution in [0.25, 0.3) is 0 Å². The number of hydrogen-bond donors (Lipinski definition) is 2. The third kappa shape index (κ3) is 3.83. The molecule has 21 heavy (non-hydrogen) atoms. The molecule has 112 valence electrons. The summed E-state index contributed by atoms with van der Waals surface area (Å²) in [5.74, 6) is 4.88. The molecule has 4 nitrogen and oxygen atoms in total. The van der Waals surface area contributed by atoms with Crippen LogP contribution in [-0.2, 0) is 6.54 Å². The summed E-state index contributed by atoms with van der Waals surface area (Å²) in [6.07, 6.45) is 0. The summed E-state index contributed by atoms with van der Waals surface area (Å²) in [6, 6.07) is 11.8. The predicted molar refractivity (Wildman–Crippen MR) is 87.3 cm³/mol. The number of benzene rings is 1. The van der Waals surface area contributed by atoms with Crippen molar-refractivity contribution < 1.29 is 4.79 Å². The van der Waals surface area contributed by atoms with E-state index in [0.29, 0.717) is 4.88 Å². The lowest BCUT2D eigenvalue weighted by atomic mass is 10.1. The maximum atomic E-state index is 11.5. The molecule has 1 heterocycles.